The minimum Gasteiger partial charge on any atom is -0.490 e. The molecular weight excluding hydrogens is 460 g/mol. The van der Waals surface area contributed by atoms with Crippen molar-refractivity contribution in [3.8, 4) is 11.5 Å². The maximum atomic E-state index is 12.7. The summed E-state index contributed by atoms with van der Waals surface area (Å²) in [5, 5.41) is 3.36. The highest BCUT2D eigenvalue weighted by Crippen LogP contribution is 2.52. The lowest BCUT2D eigenvalue weighted by molar-refractivity contribution is -0.124. The Morgan fingerprint density at radius 2 is 1.70 bits per heavy atom. The molecule has 1 atom stereocenters. The molecule has 0 radical (unpaired) electrons. The molecule has 0 aliphatic carbocycles. The van der Waals surface area contributed by atoms with E-state index in [4.69, 9.17) is 9.47 Å². The molecule has 1 saturated heterocycles. The number of nitrogens with one attached hydrogen (secondary N) is 1. The molecule has 2 aliphatic heterocycles. The van der Waals surface area contributed by atoms with Crippen LogP contribution in [0.1, 0.15) is 55.0 Å². The number of ether oxygens (including phenoxy) is 2. The number of amides is 1. The molecule has 5 rings (SSSR count). The van der Waals surface area contributed by atoms with Crippen molar-refractivity contribution in [1.82, 2.24) is 5.32 Å². The molecule has 1 N–H and O–H groups in total. The van der Waals surface area contributed by atoms with Gasteiger partial charge in [0.15, 0.2) is 11.5 Å². The Kier molecular flexibility index (Phi) is 6.49. The molecule has 3 aromatic carbocycles. The highest BCUT2D eigenvalue weighted by Gasteiger charge is 2.57. The summed E-state index contributed by atoms with van der Waals surface area (Å²) >= 11 is 0. The molecule has 5 nitrogen and oxygen atoms in total. The van der Waals surface area contributed by atoms with E-state index in [1.54, 1.807) is 0 Å². The fraction of sp³-hybridized carbons (Fsp3) is 0.344. The first kappa shape index (κ1) is 24.9. The number of hydrogen-bond donors (Lipinski definition) is 1. The zero-order chi connectivity index (χ0) is 26.2. The van der Waals surface area contributed by atoms with Gasteiger partial charge >= 0.3 is 0 Å². The van der Waals surface area contributed by atoms with Gasteiger partial charge < -0.3 is 19.7 Å². The van der Waals surface area contributed by atoms with Crippen molar-refractivity contribution in [2.24, 2.45) is 0 Å². The molecule has 2 heterocycles. The molecule has 2 aliphatic rings. The molecule has 3 aromatic rings. The van der Waals surface area contributed by atoms with Crippen molar-refractivity contribution in [1.29, 1.82) is 0 Å². The first-order valence-electron chi connectivity index (χ1n) is 13.1. The second-order valence-corrected chi connectivity index (χ2v) is 10.6. The highest BCUT2D eigenvalue weighted by atomic mass is 16.5. The zero-order valence-corrected chi connectivity index (χ0v) is 22.4. The van der Waals surface area contributed by atoms with Gasteiger partial charge in [0, 0.05) is 24.1 Å². The molecule has 0 saturated carbocycles. The third-order valence-electron chi connectivity index (χ3n) is 7.69. The van der Waals surface area contributed by atoms with Crippen molar-refractivity contribution in [2.45, 2.75) is 58.7 Å². The van der Waals surface area contributed by atoms with Crippen LogP contribution in [0.2, 0.25) is 0 Å². The molecule has 1 amide bonds. The molecule has 0 unspecified atom stereocenters. The van der Waals surface area contributed by atoms with Gasteiger partial charge in [0.2, 0.25) is 5.91 Å². The molecular formula is C32H36N2O3. The second kappa shape index (κ2) is 9.62. The van der Waals surface area contributed by atoms with E-state index in [9.17, 15) is 4.79 Å². The lowest BCUT2D eigenvalue weighted by Gasteiger charge is -2.49. The predicted octanol–water partition coefficient (Wildman–Crippen LogP) is 6.31. The Balaban J connectivity index is 1.45. The average Bonchev–Trinajstić information content (AvgIpc) is 3.06. The maximum Gasteiger partial charge on any atom is 0.223 e. The topological polar surface area (TPSA) is 50.8 Å². The number of hydrogen-bond acceptors (Lipinski definition) is 4. The van der Waals surface area contributed by atoms with E-state index in [0.29, 0.717) is 31.9 Å². The third-order valence-corrected chi connectivity index (χ3v) is 7.69. The van der Waals surface area contributed by atoms with Crippen LogP contribution in [0, 0.1) is 13.8 Å². The van der Waals surface area contributed by atoms with Gasteiger partial charge in [0.1, 0.15) is 12.3 Å². The standard InChI is InChI=1S/C32H36N2O3/c1-6-36-29-20-24(12-14-28(29)37-21-25-10-7-22(2)8-11-25)15-17-32-31(4,5)26-19-23(3)9-13-27(26)34(32)18-16-30(35)33-32/h7-15,17,19-20H,6,16,18,21H2,1-5H3,(H,33,35)/b17-15+/t32-/m1/s1. The number of rotatable bonds is 7. The van der Waals surface area contributed by atoms with Gasteiger partial charge in [-0.1, -0.05) is 73.5 Å². The normalized spacial score (nSPS) is 19.9. The van der Waals surface area contributed by atoms with E-state index in [-0.39, 0.29) is 11.3 Å². The van der Waals surface area contributed by atoms with Crippen molar-refractivity contribution in [2.75, 3.05) is 18.1 Å². The number of carbonyl (C=O) groups is 1. The Labute approximate surface area is 220 Å². The molecule has 37 heavy (non-hydrogen) atoms. The monoisotopic (exact) mass is 496 g/mol. The smallest absolute Gasteiger partial charge is 0.223 e. The quantitative estimate of drug-likeness (QED) is 0.417. The zero-order valence-electron chi connectivity index (χ0n) is 22.4. The van der Waals surface area contributed by atoms with Crippen LogP contribution in [-0.2, 0) is 16.8 Å². The van der Waals surface area contributed by atoms with E-state index in [0.717, 1.165) is 16.9 Å². The number of aryl methyl sites for hydroxylation is 2. The van der Waals surface area contributed by atoms with Crippen LogP contribution in [0.15, 0.2) is 66.7 Å². The Morgan fingerprint density at radius 1 is 0.946 bits per heavy atom. The van der Waals surface area contributed by atoms with Gasteiger partial charge in [-0.15, -0.1) is 0 Å². The lowest BCUT2D eigenvalue weighted by Crippen LogP contribution is -2.68. The summed E-state index contributed by atoms with van der Waals surface area (Å²) in [6.07, 6.45) is 4.73. The molecule has 192 valence electrons. The predicted molar refractivity (Wildman–Crippen MR) is 149 cm³/mol. The number of carbonyl (C=O) groups excluding carboxylic acids is 1. The Bertz CT molecular complexity index is 1340. The van der Waals surface area contributed by atoms with Crippen LogP contribution in [-0.4, -0.2) is 24.7 Å². The number of benzene rings is 3. The van der Waals surface area contributed by atoms with Gasteiger partial charge in [0.25, 0.3) is 0 Å². The van der Waals surface area contributed by atoms with Crippen molar-refractivity contribution in [3.05, 3.63) is 94.6 Å². The van der Waals surface area contributed by atoms with E-state index in [2.05, 4.69) is 92.5 Å². The fourth-order valence-corrected chi connectivity index (χ4v) is 5.55. The van der Waals surface area contributed by atoms with E-state index in [1.807, 2.05) is 25.1 Å². The molecule has 0 spiro atoms. The molecule has 0 bridgehead atoms. The summed E-state index contributed by atoms with van der Waals surface area (Å²) in [6.45, 7) is 12.3. The molecule has 0 aromatic heterocycles. The van der Waals surface area contributed by atoms with Crippen LogP contribution >= 0.6 is 0 Å². The van der Waals surface area contributed by atoms with Gasteiger partial charge in [-0.3, -0.25) is 4.79 Å². The SMILES string of the molecule is CCOc1cc(/C=C/[C@@]23NC(=O)CCN2c2ccc(C)cc2C3(C)C)ccc1OCc1ccc(C)cc1. The first-order chi connectivity index (χ1) is 17.7. The van der Waals surface area contributed by atoms with Gasteiger partial charge in [-0.2, -0.15) is 0 Å². The highest BCUT2D eigenvalue weighted by molar-refractivity contribution is 5.84. The number of nitrogens with zero attached hydrogens (tertiary/aromatic N) is 1. The van der Waals surface area contributed by atoms with Gasteiger partial charge in [-0.25, -0.2) is 0 Å². The van der Waals surface area contributed by atoms with Crippen molar-refractivity contribution < 1.29 is 14.3 Å². The summed E-state index contributed by atoms with van der Waals surface area (Å²) in [7, 11) is 0. The van der Waals surface area contributed by atoms with Gasteiger partial charge in [-0.05, 0) is 61.7 Å². The Hall–Kier alpha value is -3.73. The van der Waals surface area contributed by atoms with E-state index >= 15 is 0 Å². The van der Waals surface area contributed by atoms with Crippen LogP contribution in [0.4, 0.5) is 5.69 Å². The maximum absolute atomic E-state index is 12.7. The average molecular weight is 497 g/mol. The summed E-state index contributed by atoms with van der Waals surface area (Å²) in [5.41, 5.74) is 6.03. The lowest BCUT2D eigenvalue weighted by atomic mass is 9.74. The largest absolute Gasteiger partial charge is 0.490 e. The molecule has 5 heteroatoms. The van der Waals surface area contributed by atoms with E-state index in [1.165, 1.54) is 22.4 Å². The van der Waals surface area contributed by atoms with Crippen molar-refractivity contribution in [3.63, 3.8) is 0 Å². The van der Waals surface area contributed by atoms with E-state index < -0.39 is 5.66 Å². The first-order valence-corrected chi connectivity index (χ1v) is 13.1. The second-order valence-electron chi connectivity index (χ2n) is 10.6. The van der Waals surface area contributed by atoms with Crippen molar-refractivity contribution >= 4 is 17.7 Å². The summed E-state index contributed by atoms with van der Waals surface area (Å²) in [6, 6.07) is 20.9. The van der Waals surface area contributed by atoms with Crippen LogP contribution in [0.3, 0.4) is 0 Å². The van der Waals surface area contributed by atoms with Crippen LogP contribution in [0.5, 0.6) is 11.5 Å². The van der Waals surface area contributed by atoms with Crippen LogP contribution < -0.4 is 19.7 Å². The number of fused-ring (bicyclic) bond motifs is 3. The number of anilines is 1. The summed E-state index contributed by atoms with van der Waals surface area (Å²) in [4.78, 5) is 15.1. The fourth-order valence-electron chi connectivity index (χ4n) is 5.55. The van der Waals surface area contributed by atoms with Crippen LogP contribution in [0.25, 0.3) is 6.08 Å². The summed E-state index contributed by atoms with van der Waals surface area (Å²) in [5.74, 6) is 1.51. The Morgan fingerprint density at radius 3 is 2.46 bits per heavy atom. The summed E-state index contributed by atoms with van der Waals surface area (Å²) < 4.78 is 12.1. The minimum absolute atomic E-state index is 0.0772. The van der Waals surface area contributed by atoms with Gasteiger partial charge in [0.05, 0.1) is 6.61 Å². The third kappa shape index (κ3) is 4.48. The minimum atomic E-state index is -0.648. The molecule has 1 fully saturated rings.